The molecule has 11 nitrogen and oxygen atoms in total. The van der Waals surface area contributed by atoms with E-state index in [1.165, 1.54) is 0 Å². The molecule has 2 heterocycles. The Bertz CT molecular complexity index is 1410. The molecule has 4 rings (SSSR count). The van der Waals surface area contributed by atoms with Gasteiger partial charge in [0.15, 0.2) is 0 Å². The van der Waals surface area contributed by atoms with Crippen LogP contribution in [0.4, 0.5) is 17.1 Å². The Hall–Kier alpha value is -4.54. The van der Waals surface area contributed by atoms with Crippen LogP contribution in [0.1, 0.15) is 12.6 Å². The van der Waals surface area contributed by atoms with Crippen LogP contribution in [0.2, 0.25) is 0 Å². The summed E-state index contributed by atoms with van der Waals surface area (Å²) >= 11 is 0. The van der Waals surface area contributed by atoms with Gasteiger partial charge in [0.2, 0.25) is 17.3 Å². The number of imidazole rings is 1. The Morgan fingerprint density at radius 2 is 1.97 bits per heavy atom. The van der Waals surface area contributed by atoms with Crippen LogP contribution < -0.4 is 10.3 Å². The van der Waals surface area contributed by atoms with Gasteiger partial charge in [-0.05, 0) is 19.9 Å². The lowest BCUT2D eigenvalue weighted by Crippen LogP contribution is -2.12. The van der Waals surface area contributed by atoms with Crippen molar-refractivity contribution in [3.05, 3.63) is 74.7 Å². The van der Waals surface area contributed by atoms with Gasteiger partial charge in [-0.1, -0.05) is 30.3 Å². The maximum absolute atomic E-state index is 12.8. The van der Waals surface area contributed by atoms with Crippen LogP contribution in [0.25, 0.3) is 17.0 Å². The first-order chi connectivity index (χ1) is 15.4. The monoisotopic (exact) mass is 434 g/mol. The van der Waals surface area contributed by atoms with E-state index >= 15 is 0 Å². The third-order valence-corrected chi connectivity index (χ3v) is 4.71. The van der Waals surface area contributed by atoms with Crippen molar-refractivity contribution in [1.82, 2.24) is 14.4 Å². The number of benzene rings is 2. The fourth-order valence-corrected chi connectivity index (χ4v) is 3.23. The number of aromatic amines is 1. The molecule has 0 saturated heterocycles. The molecule has 0 aliphatic rings. The molecule has 0 amide bonds. The van der Waals surface area contributed by atoms with E-state index in [0.29, 0.717) is 11.4 Å². The van der Waals surface area contributed by atoms with Gasteiger partial charge in [0.05, 0.1) is 22.9 Å². The first kappa shape index (κ1) is 20.7. The van der Waals surface area contributed by atoms with Crippen LogP contribution in [0.15, 0.2) is 63.6 Å². The first-order valence-electron chi connectivity index (χ1n) is 9.63. The third kappa shape index (κ3) is 3.67. The Morgan fingerprint density at radius 1 is 1.22 bits per heavy atom. The number of H-pyrrole nitrogens is 1. The van der Waals surface area contributed by atoms with Crippen molar-refractivity contribution < 1.29 is 14.8 Å². The van der Waals surface area contributed by atoms with Gasteiger partial charge in [0.1, 0.15) is 11.4 Å². The average Bonchev–Trinajstić information content (AvgIpc) is 3.10. The van der Waals surface area contributed by atoms with E-state index in [2.05, 4.69) is 20.2 Å². The predicted octanol–water partition coefficient (Wildman–Crippen LogP) is 4.43. The van der Waals surface area contributed by atoms with E-state index in [9.17, 15) is 20.0 Å². The number of nitro groups is 1. The molecule has 0 bridgehead atoms. The molecule has 2 aromatic heterocycles. The Labute approximate surface area is 180 Å². The summed E-state index contributed by atoms with van der Waals surface area (Å²) < 4.78 is 7.34. The van der Waals surface area contributed by atoms with Crippen LogP contribution in [-0.2, 0) is 0 Å². The van der Waals surface area contributed by atoms with Gasteiger partial charge in [-0.2, -0.15) is 0 Å². The maximum atomic E-state index is 12.8. The number of ether oxygens (including phenoxy) is 1. The summed E-state index contributed by atoms with van der Waals surface area (Å²) in [6.45, 7) is 3.82. The number of fused-ring (bicyclic) bond motifs is 1. The van der Waals surface area contributed by atoms with E-state index in [1.54, 1.807) is 11.3 Å². The molecule has 0 fully saturated rings. The molecule has 0 aliphatic carbocycles. The highest BCUT2D eigenvalue weighted by molar-refractivity contribution is 5.67. The summed E-state index contributed by atoms with van der Waals surface area (Å²) in [5, 5.41) is 28.8. The molecule has 2 aromatic carbocycles. The Balaban J connectivity index is 1.89. The number of rotatable bonds is 6. The highest BCUT2D eigenvalue weighted by Crippen LogP contribution is 2.34. The molecule has 0 radical (unpaired) electrons. The molecule has 2 N–H and O–H groups in total. The molecule has 162 valence electrons. The predicted molar refractivity (Wildman–Crippen MR) is 116 cm³/mol. The Kier molecular flexibility index (Phi) is 5.37. The molecule has 4 aromatic rings. The topological polar surface area (TPSA) is 147 Å². The number of non-ortho nitro benzene ring substituents is 1. The van der Waals surface area contributed by atoms with Crippen LogP contribution >= 0.6 is 0 Å². The van der Waals surface area contributed by atoms with E-state index < -0.39 is 10.5 Å². The molecular weight excluding hydrogens is 416 g/mol. The van der Waals surface area contributed by atoms with Gasteiger partial charge in [0, 0.05) is 17.7 Å². The quantitative estimate of drug-likeness (QED) is 0.261. The smallest absolute Gasteiger partial charge is 0.284 e. The lowest BCUT2D eigenvalue weighted by molar-refractivity contribution is -0.384. The number of phenols is 1. The van der Waals surface area contributed by atoms with Crippen molar-refractivity contribution in [3.63, 3.8) is 0 Å². The van der Waals surface area contributed by atoms with Crippen LogP contribution in [0.3, 0.4) is 0 Å². The SMILES string of the molecule is CCOc1c(/N=N/c2cc([N+](=O)[O-])ccc2O)c(=O)[nH]c2nc(-c3ccccc3)c(C)n12. The van der Waals surface area contributed by atoms with E-state index in [0.717, 1.165) is 23.8 Å². The number of aryl methyl sites for hydroxylation is 1. The number of phenolic OH excluding ortho intramolecular Hbond substituents is 1. The van der Waals surface area contributed by atoms with Crippen LogP contribution in [0.5, 0.6) is 11.6 Å². The van der Waals surface area contributed by atoms with E-state index in [-0.39, 0.29) is 41.1 Å². The minimum Gasteiger partial charge on any atom is -0.506 e. The summed E-state index contributed by atoms with van der Waals surface area (Å²) in [5.41, 5.74) is 1.03. The average molecular weight is 434 g/mol. The van der Waals surface area contributed by atoms with Crippen molar-refractivity contribution in [2.24, 2.45) is 10.2 Å². The van der Waals surface area contributed by atoms with Crippen molar-refractivity contribution >= 4 is 22.8 Å². The minimum absolute atomic E-state index is 0.118. The minimum atomic E-state index is -0.622. The van der Waals surface area contributed by atoms with Crippen LogP contribution in [-0.4, -0.2) is 31.0 Å². The largest absolute Gasteiger partial charge is 0.506 e. The number of nitrogens with one attached hydrogen (secondary N) is 1. The summed E-state index contributed by atoms with van der Waals surface area (Å²) in [5.74, 6) is 0.0686. The highest BCUT2D eigenvalue weighted by Gasteiger charge is 2.20. The number of nitro benzene ring substituents is 1. The fourth-order valence-electron chi connectivity index (χ4n) is 3.23. The molecule has 32 heavy (non-hydrogen) atoms. The number of hydrogen-bond donors (Lipinski definition) is 2. The van der Waals surface area contributed by atoms with Crippen LogP contribution in [0, 0.1) is 17.0 Å². The number of hydrogen-bond acceptors (Lipinski definition) is 8. The molecule has 0 atom stereocenters. The van der Waals surface area contributed by atoms with Gasteiger partial charge in [-0.3, -0.25) is 24.3 Å². The standard InChI is InChI=1S/C21H18N6O5/c1-3-32-20-18(25-24-15-11-14(27(30)31)9-10-16(15)28)19(29)23-21-22-17(12(2)26(20)21)13-7-5-4-6-8-13/h4-11,28H,3H2,1-2H3,(H,22,23,29)/b25-24+. The van der Waals surface area contributed by atoms with Gasteiger partial charge >= 0.3 is 0 Å². The first-order valence-corrected chi connectivity index (χ1v) is 9.63. The second-order valence-corrected chi connectivity index (χ2v) is 6.74. The van der Waals surface area contributed by atoms with Gasteiger partial charge in [-0.15, -0.1) is 10.2 Å². The maximum Gasteiger partial charge on any atom is 0.284 e. The number of aromatic hydroxyl groups is 1. The summed E-state index contributed by atoms with van der Waals surface area (Å²) in [7, 11) is 0. The van der Waals surface area contributed by atoms with Gasteiger partial charge in [-0.25, -0.2) is 4.98 Å². The lowest BCUT2D eigenvalue weighted by Gasteiger charge is -2.09. The zero-order chi connectivity index (χ0) is 22.8. The molecule has 0 spiro atoms. The molecule has 0 saturated carbocycles. The number of aromatic nitrogens is 3. The second kappa shape index (κ2) is 8.30. The highest BCUT2D eigenvalue weighted by atomic mass is 16.6. The third-order valence-electron chi connectivity index (χ3n) is 4.71. The molecule has 11 heteroatoms. The normalized spacial score (nSPS) is 11.3. The summed E-state index contributed by atoms with van der Waals surface area (Å²) in [6, 6.07) is 12.8. The van der Waals surface area contributed by atoms with Gasteiger partial charge in [0.25, 0.3) is 11.2 Å². The Morgan fingerprint density at radius 3 is 2.66 bits per heavy atom. The van der Waals surface area contributed by atoms with E-state index in [4.69, 9.17) is 4.74 Å². The number of nitrogens with zero attached hydrogens (tertiary/aromatic N) is 5. The second-order valence-electron chi connectivity index (χ2n) is 6.74. The van der Waals surface area contributed by atoms with Crippen molar-refractivity contribution in [2.45, 2.75) is 13.8 Å². The molecular formula is C21H18N6O5. The zero-order valence-electron chi connectivity index (χ0n) is 17.1. The van der Waals surface area contributed by atoms with E-state index in [1.807, 2.05) is 37.3 Å². The molecule has 0 aliphatic heterocycles. The summed E-state index contributed by atoms with van der Waals surface area (Å²) in [6.07, 6.45) is 0. The zero-order valence-corrected chi connectivity index (χ0v) is 17.1. The fraction of sp³-hybridized carbons (Fsp3) is 0.143. The van der Waals surface area contributed by atoms with Gasteiger partial charge < -0.3 is 9.84 Å². The van der Waals surface area contributed by atoms with Crippen molar-refractivity contribution in [2.75, 3.05) is 6.61 Å². The number of azo groups is 1. The molecule has 0 unspecified atom stereocenters. The summed E-state index contributed by atoms with van der Waals surface area (Å²) in [4.78, 5) is 30.3. The van der Waals surface area contributed by atoms with Crippen molar-refractivity contribution in [3.8, 4) is 22.9 Å². The van der Waals surface area contributed by atoms with Crippen molar-refractivity contribution in [1.29, 1.82) is 0 Å². The lowest BCUT2D eigenvalue weighted by atomic mass is 10.1.